The van der Waals surface area contributed by atoms with Gasteiger partial charge in [0.05, 0.1) is 0 Å². The van der Waals surface area contributed by atoms with Gasteiger partial charge in [0.2, 0.25) is 0 Å². The number of hydrogen-bond acceptors (Lipinski definition) is 0. The van der Waals surface area contributed by atoms with Crippen molar-refractivity contribution in [2.45, 2.75) is 85.3 Å². The number of unbranched alkanes of at least 4 members (excludes halogenated alkanes) is 6. The number of benzene rings is 1. The van der Waals surface area contributed by atoms with Gasteiger partial charge in [0.15, 0.2) is 0 Å². The number of hydrogen-bond donors (Lipinski definition) is 0. The summed E-state index contributed by atoms with van der Waals surface area (Å²) in [6.45, 7) is 4.69. The van der Waals surface area contributed by atoms with Crippen molar-refractivity contribution < 1.29 is 48.0 Å². The van der Waals surface area contributed by atoms with Crippen LogP contribution in [0.15, 0.2) is 53.9 Å². The first-order chi connectivity index (χ1) is 15.8. The second-order valence-corrected chi connectivity index (χ2v) is 16.7. The van der Waals surface area contributed by atoms with Crippen molar-refractivity contribution in [1.82, 2.24) is 0 Å². The summed E-state index contributed by atoms with van der Waals surface area (Å²) in [6.07, 6.45) is 29.7. The van der Waals surface area contributed by atoms with Crippen LogP contribution in [0.4, 0.5) is 0 Å². The second kappa shape index (κ2) is 16.2. The van der Waals surface area contributed by atoms with E-state index in [1.54, 1.807) is 11.1 Å². The molecule has 1 fully saturated rings. The smallest absolute Gasteiger partial charge is 1.00 e. The van der Waals surface area contributed by atoms with E-state index in [1.165, 1.54) is 76.5 Å². The first kappa shape index (κ1) is 30.6. The second-order valence-electron chi connectivity index (χ2n) is 10.1. The van der Waals surface area contributed by atoms with E-state index in [1.807, 2.05) is 5.31 Å². The van der Waals surface area contributed by atoms with Crippen LogP contribution in [0.5, 0.6) is 0 Å². The first-order valence-corrected chi connectivity index (χ1v) is 18.0. The van der Waals surface area contributed by atoms with Crippen LogP contribution in [0.3, 0.4) is 0 Å². The Kier molecular flexibility index (Phi) is 14.6. The molecule has 0 heterocycles. The van der Waals surface area contributed by atoms with Crippen LogP contribution in [-0.2, 0) is 23.2 Å². The monoisotopic (exact) mass is 594 g/mol. The molecule has 3 aliphatic rings. The van der Waals surface area contributed by atoms with Crippen molar-refractivity contribution in [2.24, 2.45) is 11.8 Å². The summed E-state index contributed by atoms with van der Waals surface area (Å²) in [7, 11) is 0.0515. The predicted octanol–water partition coefficient (Wildman–Crippen LogP) is 3.76. The fraction of sp³-hybridized carbons (Fsp3) is 0.600. The summed E-state index contributed by atoms with van der Waals surface area (Å²) >= 11 is -0.558. The molecule has 4 unspecified atom stereocenters. The van der Waals surface area contributed by atoms with Crippen molar-refractivity contribution in [2.75, 3.05) is 12.3 Å². The van der Waals surface area contributed by atoms with Gasteiger partial charge in [0.25, 0.3) is 0 Å². The Balaban J connectivity index is 0.00000204. The molecule has 0 radical (unpaired) electrons. The number of fused-ring (bicyclic) bond motifs is 2. The predicted molar refractivity (Wildman–Crippen MR) is 140 cm³/mol. The molecular weight excluding hydrogens is 553 g/mol. The van der Waals surface area contributed by atoms with E-state index in [2.05, 4.69) is 68.5 Å². The summed E-state index contributed by atoms with van der Waals surface area (Å²) in [5.41, 5.74) is 3.30. The van der Waals surface area contributed by atoms with E-state index in [9.17, 15) is 0 Å². The molecule has 1 saturated carbocycles. The Morgan fingerprint density at radius 1 is 0.824 bits per heavy atom. The van der Waals surface area contributed by atoms with Gasteiger partial charge in [-0.2, -0.15) is 0 Å². The zero-order valence-electron chi connectivity index (χ0n) is 21.2. The molecule has 0 saturated heterocycles. The summed E-state index contributed by atoms with van der Waals surface area (Å²) in [5.74, 6) is 1.71. The van der Waals surface area contributed by atoms with Crippen molar-refractivity contribution in [1.29, 1.82) is 0 Å². The molecule has 0 aliphatic heterocycles. The van der Waals surface area contributed by atoms with Gasteiger partial charge >= 0.3 is 212 Å². The Labute approximate surface area is 235 Å². The van der Waals surface area contributed by atoms with E-state index < -0.39 is 23.2 Å². The minimum atomic E-state index is -0.558. The minimum Gasteiger partial charge on any atom is -1.00 e. The molecule has 34 heavy (non-hydrogen) atoms. The average Bonchev–Trinajstić information content (AvgIpc) is 3.40. The molecule has 1 aromatic carbocycles. The van der Waals surface area contributed by atoms with Gasteiger partial charge in [-0.15, -0.1) is 0 Å². The third-order valence-electron chi connectivity index (χ3n) is 7.79. The zero-order valence-corrected chi connectivity index (χ0v) is 26.1. The minimum absolute atomic E-state index is 0. The maximum Gasteiger partial charge on any atom is -1.00 e. The standard InChI is InChI=1S/C21H32P.C9H11.2ClH.Zr/c1-3-5-7-11-15-22(16-12-8-6-4-2)21-17-19-13-9-10-14-20(19)18-21;1-2-5-9-7-3-6-8(9)4-1;;;/h9-10,13-14,17-18H,3-8,11-12,15-16H2,1-2H3;1-2,4-6,8-9H,3,7H2;2*1H;/q;;;;+2/p-2. The molecule has 0 spiro atoms. The molecule has 4 atom stereocenters. The summed E-state index contributed by atoms with van der Waals surface area (Å²) in [5, 5.41) is 1.94. The summed E-state index contributed by atoms with van der Waals surface area (Å²) in [4.78, 5) is 0. The fourth-order valence-corrected chi connectivity index (χ4v) is 15.5. The van der Waals surface area contributed by atoms with Gasteiger partial charge in [-0.05, 0) is 0 Å². The molecule has 1 aromatic rings. The third-order valence-corrected chi connectivity index (χ3v) is 16.3. The fourth-order valence-electron chi connectivity index (χ4n) is 5.95. The Hall–Kier alpha value is 0.333. The molecule has 0 bridgehead atoms. The van der Waals surface area contributed by atoms with Crippen LogP contribution in [0.1, 0.15) is 92.8 Å². The van der Waals surface area contributed by atoms with Gasteiger partial charge in [-0.25, -0.2) is 0 Å². The topological polar surface area (TPSA) is 0 Å². The van der Waals surface area contributed by atoms with Gasteiger partial charge < -0.3 is 24.8 Å². The van der Waals surface area contributed by atoms with Gasteiger partial charge in [-0.3, -0.25) is 0 Å². The largest absolute Gasteiger partial charge is 1.00 e. The molecule has 0 nitrogen and oxygen atoms in total. The van der Waals surface area contributed by atoms with Crippen LogP contribution in [0.25, 0.3) is 6.08 Å². The van der Waals surface area contributed by atoms with Crippen molar-refractivity contribution in [3.8, 4) is 0 Å². The van der Waals surface area contributed by atoms with E-state index in [0.29, 0.717) is 0 Å². The van der Waals surface area contributed by atoms with Crippen LogP contribution in [-0.4, -0.2) is 12.3 Å². The first-order valence-electron chi connectivity index (χ1n) is 13.5. The van der Waals surface area contributed by atoms with Gasteiger partial charge in [0, 0.05) is 0 Å². The van der Waals surface area contributed by atoms with Crippen LogP contribution >= 0.6 is 7.92 Å². The molecule has 4 heteroatoms. The van der Waals surface area contributed by atoms with E-state index >= 15 is 0 Å². The molecule has 0 N–H and O–H groups in total. The SMILES string of the molecule is CCCCCCP(CCCCCC)C1=Cc2ccccc2[CH]1[Zr+2][CH]1CCC2C=CC=CC21.[Cl-].[Cl-]. The molecule has 3 aliphatic carbocycles. The van der Waals surface area contributed by atoms with E-state index in [4.69, 9.17) is 0 Å². The summed E-state index contributed by atoms with van der Waals surface area (Å²) in [6, 6.07) is 9.49. The molecular formula is C30H43Cl2PZr. The Morgan fingerprint density at radius 3 is 2.21 bits per heavy atom. The van der Waals surface area contributed by atoms with Gasteiger partial charge in [-0.1, -0.05) is 0 Å². The Bertz CT molecular complexity index is 806. The average molecular weight is 597 g/mol. The number of rotatable bonds is 13. The number of allylic oxidation sites excluding steroid dienone is 5. The number of halogens is 2. The maximum absolute atomic E-state index is 2.70. The zero-order chi connectivity index (χ0) is 22.2. The van der Waals surface area contributed by atoms with E-state index in [-0.39, 0.29) is 32.7 Å². The van der Waals surface area contributed by atoms with Gasteiger partial charge in [0.1, 0.15) is 0 Å². The van der Waals surface area contributed by atoms with Crippen LogP contribution in [0, 0.1) is 11.8 Å². The molecule has 186 valence electrons. The van der Waals surface area contributed by atoms with Crippen molar-refractivity contribution in [3.05, 3.63) is 65.0 Å². The molecule has 4 rings (SSSR count). The molecule has 0 aromatic heterocycles. The third kappa shape index (κ3) is 7.91. The maximum atomic E-state index is 2.70. The normalized spacial score (nSPS) is 24.1. The summed E-state index contributed by atoms with van der Waals surface area (Å²) < 4.78 is 1.89. The van der Waals surface area contributed by atoms with E-state index in [0.717, 1.165) is 19.1 Å². The van der Waals surface area contributed by atoms with Crippen molar-refractivity contribution >= 4 is 14.0 Å². The van der Waals surface area contributed by atoms with Crippen molar-refractivity contribution in [3.63, 3.8) is 0 Å². The Morgan fingerprint density at radius 2 is 1.50 bits per heavy atom. The molecule has 0 amide bonds. The van der Waals surface area contributed by atoms with Crippen LogP contribution in [0.2, 0.25) is 3.63 Å². The quantitative estimate of drug-likeness (QED) is 0.241. The van der Waals surface area contributed by atoms with Crippen LogP contribution < -0.4 is 24.8 Å².